The quantitative estimate of drug-likeness (QED) is 0.558. The van der Waals surface area contributed by atoms with Crippen molar-refractivity contribution in [1.82, 2.24) is 4.90 Å². The van der Waals surface area contributed by atoms with Crippen molar-refractivity contribution in [3.63, 3.8) is 0 Å². The lowest BCUT2D eigenvalue weighted by Gasteiger charge is -2.16. The third-order valence-corrected chi connectivity index (χ3v) is 2.59. The number of ether oxygens (including phenoxy) is 2. The van der Waals surface area contributed by atoms with Gasteiger partial charge in [-0.2, -0.15) is 0 Å². The predicted molar refractivity (Wildman–Crippen MR) is 75.1 cm³/mol. The minimum absolute atomic E-state index is 0.298. The molecular formula is C15H21NO3. The van der Waals surface area contributed by atoms with Gasteiger partial charge in [-0.05, 0) is 20.0 Å². The van der Waals surface area contributed by atoms with E-state index >= 15 is 0 Å². The van der Waals surface area contributed by atoms with Gasteiger partial charge in [0, 0.05) is 24.7 Å². The lowest BCUT2D eigenvalue weighted by molar-refractivity contribution is -0.137. The molecule has 0 heterocycles. The van der Waals surface area contributed by atoms with Crippen LogP contribution < -0.4 is 4.74 Å². The number of esters is 1. The molecule has 1 rings (SSSR count). The van der Waals surface area contributed by atoms with E-state index in [2.05, 4.69) is 4.90 Å². The topological polar surface area (TPSA) is 38.8 Å². The summed E-state index contributed by atoms with van der Waals surface area (Å²) < 4.78 is 10.1. The molecule has 0 aliphatic heterocycles. The Morgan fingerprint density at radius 2 is 2.11 bits per heavy atom. The molecular weight excluding hydrogens is 242 g/mol. The number of hydrogen-bond acceptors (Lipinski definition) is 4. The van der Waals surface area contributed by atoms with E-state index in [1.165, 1.54) is 6.08 Å². The minimum atomic E-state index is -0.298. The fraction of sp³-hybridized carbons (Fsp3) is 0.400. The second-order valence-electron chi connectivity index (χ2n) is 4.16. The van der Waals surface area contributed by atoms with E-state index < -0.39 is 0 Å². The summed E-state index contributed by atoms with van der Waals surface area (Å²) in [5.41, 5.74) is 1.12. The number of para-hydroxylation sites is 1. The van der Waals surface area contributed by atoms with Crippen LogP contribution in [0.5, 0.6) is 5.75 Å². The molecule has 19 heavy (non-hydrogen) atoms. The Balaban J connectivity index is 2.47. The number of likely N-dealkylation sites (N-methyl/N-ethyl adjacent to an activating group) is 1. The molecule has 0 bridgehead atoms. The van der Waals surface area contributed by atoms with E-state index in [0.717, 1.165) is 17.9 Å². The normalized spacial score (nSPS) is 10.9. The summed E-state index contributed by atoms with van der Waals surface area (Å²) in [6.45, 7) is 3.63. The highest BCUT2D eigenvalue weighted by atomic mass is 16.5. The summed E-state index contributed by atoms with van der Waals surface area (Å²) in [6, 6.07) is 7.91. The highest BCUT2D eigenvalue weighted by molar-refractivity contribution is 5.81. The van der Waals surface area contributed by atoms with Gasteiger partial charge in [0.25, 0.3) is 0 Å². The second kappa shape index (κ2) is 8.32. The van der Waals surface area contributed by atoms with Crippen LogP contribution in [-0.4, -0.2) is 38.2 Å². The molecule has 0 aromatic heterocycles. The summed E-state index contributed by atoms with van der Waals surface area (Å²) in [5, 5.41) is 0. The van der Waals surface area contributed by atoms with E-state index in [1.807, 2.05) is 31.3 Å². The summed E-state index contributed by atoms with van der Waals surface area (Å²) in [4.78, 5) is 13.2. The third-order valence-electron chi connectivity index (χ3n) is 2.59. The molecule has 0 saturated heterocycles. The number of rotatable bonds is 7. The van der Waals surface area contributed by atoms with E-state index in [1.54, 1.807) is 20.1 Å². The molecule has 0 fully saturated rings. The Hall–Kier alpha value is -1.81. The van der Waals surface area contributed by atoms with Gasteiger partial charge in [0.05, 0.1) is 13.7 Å². The molecule has 0 N–H and O–H groups in total. The molecule has 0 aliphatic carbocycles. The highest BCUT2D eigenvalue weighted by Crippen LogP contribution is 2.18. The van der Waals surface area contributed by atoms with Crippen molar-refractivity contribution in [2.75, 3.05) is 27.3 Å². The van der Waals surface area contributed by atoms with Gasteiger partial charge < -0.3 is 9.47 Å². The fourth-order valence-electron chi connectivity index (χ4n) is 1.71. The van der Waals surface area contributed by atoms with Gasteiger partial charge in [-0.15, -0.1) is 0 Å². The molecule has 4 nitrogen and oxygen atoms in total. The first-order valence-corrected chi connectivity index (χ1v) is 6.31. The molecule has 1 aromatic rings. The molecule has 0 atom stereocenters. The van der Waals surface area contributed by atoms with Gasteiger partial charge in [-0.3, -0.25) is 4.90 Å². The van der Waals surface area contributed by atoms with Crippen molar-refractivity contribution in [2.45, 2.75) is 13.5 Å². The maximum Gasteiger partial charge on any atom is 0.330 e. The Morgan fingerprint density at radius 1 is 1.37 bits per heavy atom. The fourth-order valence-corrected chi connectivity index (χ4v) is 1.71. The molecule has 0 saturated carbocycles. The summed E-state index contributed by atoms with van der Waals surface area (Å²) in [5.74, 6) is 0.580. The maximum atomic E-state index is 11.1. The van der Waals surface area contributed by atoms with Crippen LogP contribution in [0.1, 0.15) is 12.5 Å². The lowest BCUT2D eigenvalue weighted by atomic mass is 10.2. The standard InChI is InChI=1S/C15H21NO3/c1-4-19-15(17)10-7-11-16(2)12-13-8-5-6-9-14(13)18-3/h5-10H,4,11-12H2,1-3H3/b10-7+. The van der Waals surface area contributed by atoms with Gasteiger partial charge in [0.2, 0.25) is 0 Å². The zero-order valence-electron chi connectivity index (χ0n) is 11.8. The average Bonchev–Trinajstić information content (AvgIpc) is 2.39. The van der Waals surface area contributed by atoms with Crippen LogP contribution in [0.3, 0.4) is 0 Å². The Bertz CT molecular complexity index is 429. The zero-order chi connectivity index (χ0) is 14.1. The number of carbonyl (C=O) groups is 1. The Kier molecular flexibility index (Phi) is 6.68. The number of methoxy groups -OCH3 is 1. The molecule has 0 spiro atoms. The second-order valence-corrected chi connectivity index (χ2v) is 4.16. The first-order chi connectivity index (χ1) is 9.17. The Morgan fingerprint density at radius 3 is 2.79 bits per heavy atom. The van der Waals surface area contributed by atoms with E-state index in [0.29, 0.717) is 13.2 Å². The molecule has 1 aromatic carbocycles. The predicted octanol–water partition coefficient (Wildman–Crippen LogP) is 2.25. The zero-order valence-corrected chi connectivity index (χ0v) is 11.8. The van der Waals surface area contributed by atoms with E-state index in [4.69, 9.17) is 9.47 Å². The third kappa shape index (κ3) is 5.57. The van der Waals surface area contributed by atoms with Crippen molar-refractivity contribution in [3.8, 4) is 5.75 Å². The van der Waals surface area contributed by atoms with Crippen molar-refractivity contribution in [3.05, 3.63) is 42.0 Å². The minimum Gasteiger partial charge on any atom is -0.496 e. The molecule has 0 unspecified atom stereocenters. The van der Waals surface area contributed by atoms with Gasteiger partial charge in [0.15, 0.2) is 0 Å². The van der Waals surface area contributed by atoms with Crippen LogP contribution in [-0.2, 0) is 16.1 Å². The van der Waals surface area contributed by atoms with Crippen LogP contribution in [0.2, 0.25) is 0 Å². The van der Waals surface area contributed by atoms with Gasteiger partial charge >= 0.3 is 5.97 Å². The number of benzene rings is 1. The molecule has 104 valence electrons. The van der Waals surface area contributed by atoms with Crippen LogP contribution in [0.4, 0.5) is 0 Å². The van der Waals surface area contributed by atoms with Crippen molar-refractivity contribution in [1.29, 1.82) is 0 Å². The SMILES string of the molecule is CCOC(=O)/C=C/CN(C)Cc1ccccc1OC. The summed E-state index contributed by atoms with van der Waals surface area (Å²) >= 11 is 0. The first kappa shape index (κ1) is 15.2. The van der Waals surface area contributed by atoms with Gasteiger partial charge in [-0.1, -0.05) is 24.3 Å². The number of hydrogen-bond donors (Lipinski definition) is 0. The summed E-state index contributed by atoms with van der Waals surface area (Å²) in [7, 11) is 3.65. The monoisotopic (exact) mass is 263 g/mol. The average molecular weight is 263 g/mol. The van der Waals surface area contributed by atoms with Gasteiger partial charge in [-0.25, -0.2) is 4.79 Å². The van der Waals surface area contributed by atoms with Crippen LogP contribution in [0.25, 0.3) is 0 Å². The van der Waals surface area contributed by atoms with E-state index in [9.17, 15) is 4.79 Å². The van der Waals surface area contributed by atoms with Crippen molar-refractivity contribution in [2.24, 2.45) is 0 Å². The van der Waals surface area contributed by atoms with Crippen LogP contribution >= 0.6 is 0 Å². The van der Waals surface area contributed by atoms with Crippen molar-refractivity contribution < 1.29 is 14.3 Å². The van der Waals surface area contributed by atoms with Gasteiger partial charge in [0.1, 0.15) is 5.75 Å². The molecule has 0 radical (unpaired) electrons. The molecule has 4 heteroatoms. The van der Waals surface area contributed by atoms with E-state index in [-0.39, 0.29) is 5.97 Å². The van der Waals surface area contributed by atoms with Crippen molar-refractivity contribution >= 4 is 5.97 Å². The Labute approximate surface area is 114 Å². The van der Waals surface area contributed by atoms with Crippen LogP contribution in [0, 0.1) is 0 Å². The smallest absolute Gasteiger partial charge is 0.330 e. The highest BCUT2D eigenvalue weighted by Gasteiger charge is 2.04. The largest absolute Gasteiger partial charge is 0.496 e. The lowest BCUT2D eigenvalue weighted by Crippen LogP contribution is -2.18. The molecule has 0 aliphatic rings. The summed E-state index contributed by atoms with van der Waals surface area (Å²) in [6.07, 6.45) is 3.26. The molecule has 0 amide bonds. The first-order valence-electron chi connectivity index (χ1n) is 6.31. The number of nitrogens with zero attached hydrogens (tertiary/aromatic N) is 1. The van der Waals surface area contributed by atoms with Crippen LogP contribution in [0.15, 0.2) is 36.4 Å². The number of carbonyl (C=O) groups excluding carboxylic acids is 1. The maximum absolute atomic E-state index is 11.1.